The number of nitrogens with zero attached hydrogens (tertiary/aromatic N) is 3. The number of aromatic amines is 1. The number of halogens is 3. The number of carbonyl (C=O) groups excluding carboxylic acids is 2. The van der Waals surface area contributed by atoms with Crippen molar-refractivity contribution in [3.63, 3.8) is 0 Å². The molecule has 1 aromatic carbocycles. The van der Waals surface area contributed by atoms with Gasteiger partial charge in [0.05, 0.1) is 23.1 Å². The van der Waals surface area contributed by atoms with Crippen LogP contribution in [0.5, 0.6) is 0 Å². The van der Waals surface area contributed by atoms with Crippen LogP contribution in [0.1, 0.15) is 47.3 Å². The van der Waals surface area contributed by atoms with Crippen molar-refractivity contribution in [2.24, 2.45) is 0 Å². The molecule has 1 aliphatic carbocycles. The molecule has 2 aromatic heterocycles. The summed E-state index contributed by atoms with van der Waals surface area (Å²) in [6.07, 6.45) is -1.77. The summed E-state index contributed by atoms with van der Waals surface area (Å²) in [5.41, 5.74) is -1.65. The highest BCUT2D eigenvalue weighted by molar-refractivity contribution is 5.98. The van der Waals surface area contributed by atoms with E-state index in [2.05, 4.69) is 9.97 Å². The Labute approximate surface area is 196 Å². The van der Waals surface area contributed by atoms with Crippen molar-refractivity contribution >= 4 is 22.9 Å². The van der Waals surface area contributed by atoms with E-state index >= 15 is 0 Å². The summed E-state index contributed by atoms with van der Waals surface area (Å²) in [5, 5.41) is 0.0352. The van der Waals surface area contributed by atoms with E-state index < -0.39 is 41.4 Å². The van der Waals surface area contributed by atoms with Gasteiger partial charge in [-0.25, -0.2) is 9.78 Å². The van der Waals surface area contributed by atoms with Crippen LogP contribution < -0.4 is 11.2 Å². The Morgan fingerprint density at radius 1 is 1.20 bits per heavy atom. The van der Waals surface area contributed by atoms with Gasteiger partial charge in [-0.05, 0) is 43.5 Å². The zero-order valence-corrected chi connectivity index (χ0v) is 18.6. The molecule has 35 heavy (non-hydrogen) atoms. The molecule has 0 atom stereocenters. The maximum atomic E-state index is 13.3. The third-order valence-corrected chi connectivity index (χ3v) is 5.50. The van der Waals surface area contributed by atoms with E-state index in [0.29, 0.717) is 5.56 Å². The number of rotatable bonds is 7. The van der Waals surface area contributed by atoms with E-state index in [0.717, 1.165) is 29.9 Å². The fourth-order valence-electron chi connectivity index (χ4n) is 3.69. The number of amides is 1. The number of esters is 1. The van der Waals surface area contributed by atoms with E-state index in [9.17, 15) is 32.3 Å². The van der Waals surface area contributed by atoms with E-state index in [4.69, 9.17) is 4.74 Å². The first-order valence-electron chi connectivity index (χ1n) is 10.8. The van der Waals surface area contributed by atoms with Crippen molar-refractivity contribution in [3.8, 4) is 0 Å². The number of benzene rings is 1. The minimum absolute atomic E-state index is 0.0276. The first-order valence-corrected chi connectivity index (χ1v) is 10.8. The van der Waals surface area contributed by atoms with Gasteiger partial charge in [0, 0.05) is 18.8 Å². The molecule has 9 nitrogen and oxygen atoms in total. The zero-order chi connectivity index (χ0) is 25.3. The number of pyridine rings is 1. The Kier molecular flexibility index (Phi) is 6.46. The number of aromatic nitrogens is 3. The van der Waals surface area contributed by atoms with E-state index in [1.54, 1.807) is 6.92 Å². The summed E-state index contributed by atoms with van der Waals surface area (Å²) < 4.78 is 44.9. The molecule has 4 rings (SSSR count). The standard InChI is InChI=1S/C23H21F3N4O5/c1-2-35-18(31)12-29(11-13-3-5-15(6-4-13)23(24,25)26)21(33)14-9-17-19(27-10-14)30(16-7-8-16)22(34)28-20(17)32/h3-6,9-10,16H,2,7-8,11-12H2,1H3,(H,28,32,34). The van der Waals surface area contributed by atoms with Gasteiger partial charge in [0.2, 0.25) is 0 Å². The molecule has 2 heterocycles. The molecule has 1 amide bonds. The van der Waals surface area contributed by atoms with Crippen molar-refractivity contribution in [3.05, 3.63) is 74.1 Å². The molecule has 1 fully saturated rings. The van der Waals surface area contributed by atoms with Gasteiger partial charge < -0.3 is 9.64 Å². The van der Waals surface area contributed by atoms with Crippen molar-refractivity contribution in [1.29, 1.82) is 0 Å². The zero-order valence-electron chi connectivity index (χ0n) is 18.6. The van der Waals surface area contributed by atoms with Crippen LogP contribution in [0.2, 0.25) is 0 Å². The minimum Gasteiger partial charge on any atom is -0.465 e. The normalized spacial score (nSPS) is 13.6. The number of nitrogens with one attached hydrogen (secondary N) is 1. The smallest absolute Gasteiger partial charge is 0.416 e. The van der Waals surface area contributed by atoms with E-state index in [1.165, 1.54) is 29.0 Å². The summed E-state index contributed by atoms with van der Waals surface area (Å²) in [6.45, 7) is 1.01. The topological polar surface area (TPSA) is 114 Å². The Hall–Kier alpha value is -3.96. The van der Waals surface area contributed by atoms with Crippen LogP contribution in [-0.2, 0) is 22.3 Å². The summed E-state index contributed by atoms with van der Waals surface area (Å²) in [6, 6.07) is 5.41. The molecular formula is C23H21F3N4O5. The predicted octanol–water partition coefficient (Wildman–Crippen LogP) is 2.64. The largest absolute Gasteiger partial charge is 0.465 e. The predicted molar refractivity (Wildman–Crippen MR) is 118 cm³/mol. The van der Waals surface area contributed by atoms with Gasteiger partial charge in [0.15, 0.2) is 0 Å². The van der Waals surface area contributed by atoms with Crippen LogP contribution in [0.25, 0.3) is 11.0 Å². The van der Waals surface area contributed by atoms with Crippen molar-refractivity contribution in [1.82, 2.24) is 19.4 Å². The Morgan fingerprint density at radius 2 is 1.89 bits per heavy atom. The Morgan fingerprint density at radius 3 is 2.49 bits per heavy atom. The second-order valence-electron chi connectivity index (χ2n) is 8.12. The molecule has 0 saturated heterocycles. The van der Waals surface area contributed by atoms with Gasteiger partial charge >= 0.3 is 17.8 Å². The average molecular weight is 490 g/mol. The molecule has 1 aliphatic rings. The maximum Gasteiger partial charge on any atom is 0.416 e. The van der Waals surface area contributed by atoms with Crippen LogP contribution in [-0.4, -0.2) is 44.5 Å². The number of carbonyl (C=O) groups is 2. The average Bonchev–Trinajstić information content (AvgIpc) is 3.63. The molecule has 0 radical (unpaired) electrons. The first kappa shape index (κ1) is 24.2. The molecule has 1 N–H and O–H groups in total. The molecule has 1 saturated carbocycles. The molecule has 0 aliphatic heterocycles. The monoisotopic (exact) mass is 490 g/mol. The molecule has 0 unspecified atom stereocenters. The van der Waals surface area contributed by atoms with Crippen LogP contribution in [0.15, 0.2) is 46.1 Å². The Bertz CT molecular complexity index is 1390. The number of hydrogen-bond donors (Lipinski definition) is 1. The number of hydrogen-bond acceptors (Lipinski definition) is 6. The quantitative estimate of drug-likeness (QED) is 0.510. The number of H-pyrrole nitrogens is 1. The second-order valence-corrected chi connectivity index (χ2v) is 8.12. The minimum atomic E-state index is -4.51. The number of alkyl halides is 3. The highest BCUT2D eigenvalue weighted by Crippen LogP contribution is 2.34. The molecule has 0 spiro atoms. The van der Waals surface area contributed by atoms with Crippen LogP contribution in [0, 0.1) is 0 Å². The van der Waals surface area contributed by atoms with Crippen LogP contribution in [0.3, 0.4) is 0 Å². The van der Waals surface area contributed by atoms with Gasteiger partial charge in [-0.3, -0.25) is 23.9 Å². The molecule has 184 valence electrons. The van der Waals surface area contributed by atoms with Gasteiger partial charge in [-0.2, -0.15) is 13.2 Å². The van der Waals surface area contributed by atoms with Crippen LogP contribution >= 0.6 is 0 Å². The molecule has 3 aromatic rings. The first-order chi connectivity index (χ1) is 16.6. The lowest BCUT2D eigenvalue weighted by atomic mass is 10.1. The fourth-order valence-corrected chi connectivity index (χ4v) is 3.69. The maximum absolute atomic E-state index is 13.3. The third-order valence-electron chi connectivity index (χ3n) is 5.50. The summed E-state index contributed by atoms with van der Waals surface area (Å²) in [4.78, 5) is 57.5. The highest BCUT2D eigenvalue weighted by Gasteiger charge is 2.31. The highest BCUT2D eigenvalue weighted by atomic mass is 19.4. The molecule has 12 heteroatoms. The van der Waals surface area contributed by atoms with Crippen molar-refractivity contribution < 1.29 is 27.5 Å². The van der Waals surface area contributed by atoms with Gasteiger partial charge in [0.25, 0.3) is 11.5 Å². The lowest BCUT2D eigenvalue weighted by Gasteiger charge is -2.22. The molecule has 0 bridgehead atoms. The second kappa shape index (κ2) is 9.35. The number of ether oxygens (including phenoxy) is 1. The number of fused-ring (bicyclic) bond motifs is 1. The SMILES string of the molecule is CCOC(=O)CN(Cc1ccc(C(F)(F)F)cc1)C(=O)c1cnc2c(c1)c(=O)[nH]c(=O)n2C1CC1. The van der Waals surface area contributed by atoms with E-state index in [-0.39, 0.29) is 35.8 Å². The van der Waals surface area contributed by atoms with Crippen molar-refractivity contribution in [2.45, 2.75) is 38.5 Å². The van der Waals surface area contributed by atoms with Crippen LogP contribution in [0.4, 0.5) is 13.2 Å². The van der Waals surface area contributed by atoms with E-state index in [1.807, 2.05) is 0 Å². The van der Waals surface area contributed by atoms with Gasteiger partial charge in [-0.15, -0.1) is 0 Å². The Balaban J connectivity index is 1.67. The lowest BCUT2D eigenvalue weighted by Crippen LogP contribution is -2.36. The summed E-state index contributed by atoms with van der Waals surface area (Å²) >= 11 is 0. The lowest BCUT2D eigenvalue weighted by molar-refractivity contribution is -0.144. The van der Waals surface area contributed by atoms with Gasteiger partial charge in [-0.1, -0.05) is 12.1 Å². The molecular weight excluding hydrogens is 469 g/mol. The third kappa shape index (κ3) is 5.26. The van der Waals surface area contributed by atoms with Crippen molar-refractivity contribution in [2.75, 3.05) is 13.2 Å². The summed E-state index contributed by atoms with van der Waals surface area (Å²) in [5.74, 6) is -1.39. The summed E-state index contributed by atoms with van der Waals surface area (Å²) in [7, 11) is 0. The van der Waals surface area contributed by atoms with Gasteiger partial charge in [0.1, 0.15) is 12.2 Å². The fraction of sp³-hybridized carbons (Fsp3) is 0.348.